The van der Waals surface area contributed by atoms with Crippen LogP contribution in [0.25, 0.3) is 10.2 Å². The van der Waals surface area contributed by atoms with E-state index in [4.69, 9.17) is 10.00 Å². The van der Waals surface area contributed by atoms with Gasteiger partial charge in [-0.05, 0) is 37.1 Å². The van der Waals surface area contributed by atoms with E-state index in [2.05, 4.69) is 16.4 Å². The van der Waals surface area contributed by atoms with Crippen LogP contribution in [0.1, 0.15) is 31.7 Å². The molecule has 1 heterocycles. The molecule has 0 saturated carbocycles. The average Bonchev–Trinajstić information content (AvgIpc) is 3.22. The van der Waals surface area contributed by atoms with E-state index >= 15 is 0 Å². The van der Waals surface area contributed by atoms with Crippen molar-refractivity contribution in [2.45, 2.75) is 38.0 Å². The van der Waals surface area contributed by atoms with Crippen LogP contribution in [0.3, 0.4) is 0 Å². The van der Waals surface area contributed by atoms with Crippen molar-refractivity contribution in [3.63, 3.8) is 0 Å². The number of carbonyl (C=O) groups is 2. The second-order valence-corrected chi connectivity index (χ2v) is 9.44. The Kier molecular flexibility index (Phi) is 8.26. The summed E-state index contributed by atoms with van der Waals surface area (Å²) in [5.74, 6) is -0.517. The molecule has 0 saturated heterocycles. The fourth-order valence-electron chi connectivity index (χ4n) is 3.42. The van der Waals surface area contributed by atoms with E-state index in [0.717, 1.165) is 20.1 Å². The second kappa shape index (κ2) is 11.1. The monoisotopic (exact) mass is 467 g/mol. The number of amides is 1. The number of ether oxygens (including phenoxy) is 1. The summed E-state index contributed by atoms with van der Waals surface area (Å²) in [5, 5.41) is 12.5. The molecule has 8 heteroatoms. The summed E-state index contributed by atoms with van der Waals surface area (Å²) in [4.78, 5) is 31.0. The number of nitrogens with one attached hydrogen (secondary N) is 1. The van der Waals surface area contributed by atoms with Gasteiger partial charge in [0.1, 0.15) is 0 Å². The highest BCUT2D eigenvalue weighted by atomic mass is 32.2. The smallest absolute Gasteiger partial charge is 0.312 e. The molecule has 1 aromatic heterocycles. The lowest BCUT2D eigenvalue weighted by atomic mass is 9.79. The number of aromatic nitrogens is 1. The third-order valence-electron chi connectivity index (χ3n) is 5.40. The van der Waals surface area contributed by atoms with Gasteiger partial charge in [-0.1, -0.05) is 38.1 Å². The first kappa shape index (κ1) is 23.8. The minimum Gasteiger partial charge on any atom is -0.455 e. The molecule has 0 aliphatic heterocycles. The van der Waals surface area contributed by atoms with Crippen LogP contribution in [-0.4, -0.2) is 29.2 Å². The molecule has 0 aliphatic carbocycles. The van der Waals surface area contributed by atoms with Crippen molar-refractivity contribution in [3.05, 3.63) is 53.5 Å². The molecule has 0 fully saturated rings. The number of thioether (sulfide) groups is 1. The zero-order valence-corrected chi connectivity index (χ0v) is 19.7. The van der Waals surface area contributed by atoms with Gasteiger partial charge in [0.15, 0.2) is 6.61 Å². The SMILES string of the molecule is CCC(CC)(Cc1nc2ccccc2s1)C(=O)OCC(=O)Nc1ccccc1SCC#N. The molecule has 0 aliphatic rings. The Bertz CT molecular complexity index is 1100. The van der Waals surface area contributed by atoms with Crippen LogP contribution in [0.5, 0.6) is 0 Å². The first-order valence-electron chi connectivity index (χ1n) is 10.4. The van der Waals surface area contributed by atoms with E-state index < -0.39 is 11.3 Å². The lowest BCUT2D eigenvalue weighted by Gasteiger charge is -2.28. The summed E-state index contributed by atoms with van der Waals surface area (Å²) in [6.45, 7) is 3.55. The molecule has 0 unspecified atom stereocenters. The number of thiazole rings is 1. The molecule has 2 aromatic carbocycles. The van der Waals surface area contributed by atoms with Crippen molar-refractivity contribution in [1.29, 1.82) is 5.26 Å². The van der Waals surface area contributed by atoms with Crippen LogP contribution in [0.4, 0.5) is 5.69 Å². The number of hydrogen-bond acceptors (Lipinski definition) is 7. The zero-order valence-electron chi connectivity index (χ0n) is 18.1. The second-order valence-electron chi connectivity index (χ2n) is 7.31. The average molecular weight is 468 g/mol. The summed E-state index contributed by atoms with van der Waals surface area (Å²) in [6, 6.07) is 17.2. The summed E-state index contributed by atoms with van der Waals surface area (Å²) in [7, 11) is 0. The number of carbonyl (C=O) groups excluding carboxylic acids is 2. The standard InChI is InChI=1S/C24H25N3O3S2/c1-3-24(4-2,15-22-27-18-10-6-8-12-20(18)32-22)23(29)30-16-21(28)26-17-9-5-7-11-19(17)31-14-13-25/h5-12H,3-4,14-16H2,1-2H3,(H,26,28). The van der Waals surface area contributed by atoms with Crippen LogP contribution in [0.2, 0.25) is 0 Å². The Morgan fingerprint density at radius 1 is 1.16 bits per heavy atom. The van der Waals surface area contributed by atoms with E-state index in [1.165, 1.54) is 11.8 Å². The van der Waals surface area contributed by atoms with Gasteiger partial charge < -0.3 is 10.1 Å². The maximum Gasteiger partial charge on any atom is 0.312 e. The predicted octanol–water partition coefficient (Wildman–Crippen LogP) is 5.44. The Hall–Kier alpha value is -2.89. The van der Waals surface area contributed by atoms with Crippen LogP contribution >= 0.6 is 23.1 Å². The number of fused-ring (bicyclic) bond motifs is 1. The maximum atomic E-state index is 13.0. The lowest BCUT2D eigenvalue weighted by Crippen LogP contribution is -2.36. The van der Waals surface area contributed by atoms with E-state index in [9.17, 15) is 9.59 Å². The molecule has 0 radical (unpaired) electrons. The van der Waals surface area contributed by atoms with E-state index in [1.807, 2.05) is 50.2 Å². The fourth-order valence-corrected chi connectivity index (χ4v) is 5.20. The Morgan fingerprint density at radius 3 is 2.59 bits per heavy atom. The molecule has 1 N–H and O–H groups in total. The van der Waals surface area contributed by atoms with Crippen molar-refractivity contribution in [2.75, 3.05) is 17.7 Å². The van der Waals surface area contributed by atoms with Gasteiger partial charge in [0.2, 0.25) is 0 Å². The molecule has 6 nitrogen and oxygen atoms in total. The normalized spacial score (nSPS) is 11.2. The minimum absolute atomic E-state index is 0.281. The van der Waals surface area contributed by atoms with Gasteiger partial charge in [0.05, 0.1) is 38.1 Å². The molecule has 1 amide bonds. The van der Waals surface area contributed by atoms with Crippen molar-refractivity contribution in [1.82, 2.24) is 4.98 Å². The Balaban J connectivity index is 1.64. The number of esters is 1. The number of anilines is 1. The third-order valence-corrected chi connectivity index (χ3v) is 7.38. The number of rotatable bonds is 10. The predicted molar refractivity (Wildman–Crippen MR) is 129 cm³/mol. The fraction of sp³-hybridized carbons (Fsp3) is 0.333. The Morgan fingerprint density at radius 2 is 1.88 bits per heavy atom. The molecule has 3 rings (SSSR count). The van der Waals surface area contributed by atoms with Crippen molar-refractivity contribution < 1.29 is 14.3 Å². The Labute approximate surface area is 196 Å². The van der Waals surface area contributed by atoms with E-state index in [-0.39, 0.29) is 18.3 Å². The van der Waals surface area contributed by atoms with Gasteiger partial charge in [0, 0.05) is 11.3 Å². The maximum absolute atomic E-state index is 13.0. The van der Waals surface area contributed by atoms with Gasteiger partial charge in [-0.3, -0.25) is 9.59 Å². The van der Waals surface area contributed by atoms with Crippen LogP contribution in [0, 0.1) is 16.7 Å². The van der Waals surface area contributed by atoms with Crippen LogP contribution < -0.4 is 5.32 Å². The first-order valence-corrected chi connectivity index (χ1v) is 12.2. The molecule has 0 atom stereocenters. The first-order chi connectivity index (χ1) is 15.5. The summed E-state index contributed by atoms with van der Waals surface area (Å²) >= 11 is 2.92. The number of benzene rings is 2. The highest BCUT2D eigenvalue weighted by molar-refractivity contribution is 7.99. The zero-order chi connectivity index (χ0) is 23.0. The van der Waals surface area contributed by atoms with Crippen LogP contribution in [-0.2, 0) is 20.7 Å². The number of nitriles is 1. The van der Waals surface area contributed by atoms with Gasteiger partial charge in [-0.2, -0.15) is 5.26 Å². The van der Waals surface area contributed by atoms with Gasteiger partial charge in [-0.15, -0.1) is 23.1 Å². The highest BCUT2D eigenvalue weighted by Gasteiger charge is 2.38. The van der Waals surface area contributed by atoms with Crippen molar-refractivity contribution in [3.8, 4) is 6.07 Å². The summed E-state index contributed by atoms with van der Waals surface area (Å²) < 4.78 is 6.54. The molecule has 166 valence electrons. The molecule has 0 bridgehead atoms. The van der Waals surface area contributed by atoms with Crippen molar-refractivity contribution in [2.24, 2.45) is 5.41 Å². The van der Waals surface area contributed by atoms with Crippen LogP contribution in [0.15, 0.2) is 53.4 Å². The summed E-state index contributed by atoms with van der Waals surface area (Å²) in [6.07, 6.45) is 1.66. The lowest BCUT2D eigenvalue weighted by molar-refractivity contribution is -0.158. The largest absolute Gasteiger partial charge is 0.455 e. The highest BCUT2D eigenvalue weighted by Crippen LogP contribution is 2.35. The molecule has 3 aromatic rings. The molecular formula is C24H25N3O3S2. The molecule has 32 heavy (non-hydrogen) atoms. The number of para-hydroxylation sites is 2. The molecule has 0 spiro atoms. The number of hydrogen-bond donors (Lipinski definition) is 1. The van der Waals surface area contributed by atoms with Crippen molar-refractivity contribution >= 4 is 50.9 Å². The summed E-state index contributed by atoms with van der Waals surface area (Å²) in [5.41, 5.74) is 0.795. The number of nitrogens with zero attached hydrogens (tertiary/aromatic N) is 2. The van der Waals surface area contributed by atoms with Gasteiger partial charge >= 0.3 is 5.97 Å². The minimum atomic E-state index is -0.727. The topological polar surface area (TPSA) is 92.1 Å². The third kappa shape index (κ3) is 5.67. The molecular weight excluding hydrogens is 442 g/mol. The van der Waals surface area contributed by atoms with E-state index in [0.29, 0.717) is 24.9 Å². The van der Waals surface area contributed by atoms with E-state index in [1.54, 1.807) is 23.5 Å². The van der Waals surface area contributed by atoms with Gasteiger partial charge in [-0.25, -0.2) is 4.98 Å². The van der Waals surface area contributed by atoms with Gasteiger partial charge in [0.25, 0.3) is 5.91 Å². The quantitative estimate of drug-likeness (QED) is 0.315.